The van der Waals surface area contributed by atoms with Crippen LogP contribution in [0.15, 0.2) is 0 Å². The van der Waals surface area contributed by atoms with Crippen LogP contribution in [0.2, 0.25) is 0 Å². The third kappa shape index (κ3) is 2.67. The van der Waals surface area contributed by atoms with Gasteiger partial charge in [0.2, 0.25) is 0 Å². The van der Waals surface area contributed by atoms with Crippen molar-refractivity contribution in [3.8, 4) is 0 Å². The first kappa shape index (κ1) is 18.9. The third-order valence-corrected chi connectivity index (χ3v) is 9.42. The van der Waals surface area contributed by atoms with E-state index in [0.29, 0.717) is 10.8 Å². The summed E-state index contributed by atoms with van der Waals surface area (Å²) in [6.07, 6.45) is 13.2. The monoisotopic (exact) mass is 390 g/mol. The number of fused-ring (bicyclic) bond motifs is 5. The first-order chi connectivity index (χ1) is 10.4. The quantitative estimate of drug-likeness (QED) is 0.422. The maximum atomic E-state index is 2.72. The molecule has 9 unspecified atom stereocenters. The van der Waals surface area contributed by atoms with Crippen LogP contribution in [0.4, 0.5) is 0 Å². The topological polar surface area (TPSA) is 0 Å². The Morgan fingerprint density at radius 1 is 0.913 bits per heavy atom. The van der Waals surface area contributed by atoms with Crippen molar-refractivity contribution in [1.29, 1.82) is 0 Å². The van der Waals surface area contributed by atoms with Crippen molar-refractivity contribution >= 4 is 0 Å². The van der Waals surface area contributed by atoms with E-state index in [0.717, 1.165) is 41.4 Å². The zero-order valence-electron chi connectivity index (χ0n) is 16.1. The molecule has 0 N–H and O–H groups in total. The minimum absolute atomic E-state index is 0. The van der Waals surface area contributed by atoms with Crippen molar-refractivity contribution in [2.75, 3.05) is 0 Å². The Bertz CT molecular complexity index is 445. The van der Waals surface area contributed by atoms with E-state index in [1.165, 1.54) is 44.9 Å². The van der Waals surface area contributed by atoms with Gasteiger partial charge < -0.3 is 6.42 Å². The fourth-order valence-corrected chi connectivity index (χ4v) is 7.88. The average molecular weight is 390 g/mol. The molecule has 0 bridgehead atoms. The molecule has 0 heterocycles. The zero-order valence-corrected chi connectivity index (χ0v) is 19.0. The molecule has 1 radical (unpaired) electrons. The van der Waals surface area contributed by atoms with Crippen molar-refractivity contribution in [2.24, 2.45) is 52.3 Å². The van der Waals surface area contributed by atoms with Crippen molar-refractivity contribution in [3.63, 3.8) is 0 Å². The third-order valence-electron chi connectivity index (χ3n) is 9.42. The second-order valence-corrected chi connectivity index (χ2v) is 10.4. The molecule has 1 heteroatoms. The van der Waals surface area contributed by atoms with Crippen molar-refractivity contribution in [2.45, 2.75) is 79.6 Å². The van der Waals surface area contributed by atoms with Crippen LogP contribution in [0.5, 0.6) is 0 Å². The van der Waals surface area contributed by atoms with Gasteiger partial charge in [-0.3, -0.25) is 0 Å². The first-order valence-electron chi connectivity index (χ1n) is 10.2. The molecule has 4 saturated carbocycles. The summed E-state index contributed by atoms with van der Waals surface area (Å²) in [5.41, 5.74) is 1.22. The molecule has 129 valence electrons. The van der Waals surface area contributed by atoms with Gasteiger partial charge in [-0.1, -0.05) is 59.3 Å². The zero-order chi connectivity index (χ0) is 15.7. The van der Waals surface area contributed by atoms with Gasteiger partial charge in [0.15, 0.2) is 0 Å². The standard InChI is InChI=1S/C22H37.Y/c1-14-8-10-22(5)17(11-14)12-15(2)20-18-7-6-9-21(18,4)16(3)13-19(20)22;/h9,14-20H,6-8,10-13H2,1-5H3;/q-1;. The van der Waals surface area contributed by atoms with Crippen molar-refractivity contribution in [3.05, 3.63) is 6.42 Å². The van der Waals surface area contributed by atoms with E-state index in [1.807, 2.05) is 0 Å². The molecule has 0 aromatic carbocycles. The second-order valence-electron chi connectivity index (χ2n) is 10.4. The molecule has 0 aliphatic heterocycles. The smallest absolute Gasteiger partial charge is 0 e. The van der Waals surface area contributed by atoms with Crippen LogP contribution in [0.3, 0.4) is 0 Å². The van der Waals surface area contributed by atoms with Gasteiger partial charge in [-0.05, 0) is 60.7 Å². The van der Waals surface area contributed by atoms with E-state index >= 15 is 0 Å². The molecule has 4 aliphatic rings. The van der Waals surface area contributed by atoms with Crippen molar-refractivity contribution in [1.82, 2.24) is 0 Å². The summed E-state index contributed by atoms with van der Waals surface area (Å²) >= 11 is 0. The fraction of sp³-hybridized carbons (Fsp3) is 0.955. The summed E-state index contributed by atoms with van der Waals surface area (Å²) in [5, 5.41) is 0. The largest absolute Gasteiger partial charge is 0.322 e. The molecule has 0 spiro atoms. The number of hydrogen-bond acceptors (Lipinski definition) is 0. The van der Waals surface area contributed by atoms with Gasteiger partial charge >= 0.3 is 0 Å². The fourth-order valence-electron chi connectivity index (χ4n) is 7.88. The molecule has 4 fully saturated rings. The van der Waals surface area contributed by atoms with E-state index < -0.39 is 0 Å². The Morgan fingerprint density at radius 2 is 1.65 bits per heavy atom. The van der Waals surface area contributed by atoms with Gasteiger partial charge in [0.05, 0.1) is 0 Å². The molecule has 23 heavy (non-hydrogen) atoms. The summed E-state index contributed by atoms with van der Waals surface area (Å²) in [5.74, 6) is 6.92. The Hall–Kier alpha value is 1.10. The molecule has 9 atom stereocenters. The van der Waals surface area contributed by atoms with E-state index in [-0.39, 0.29) is 32.7 Å². The van der Waals surface area contributed by atoms with Crippen LogP contribution >= 0.6 is 0 Å². The predicted octanol–water partition coefficient (Wildman–Crippen LogP) is 6.36. The van der Waals surface area contributed by atoms with Gasteiger partial charge in [0.25, 0.3) is 0 Å². The molecule has 0 amide bonds. The van der Waals surface area contributed by atoms with Gasteiger partial charge in [-0.25, -0.2) is 0 Å². The molecular formula is C22H37Y-. The van der Waals surface area contributed by atoms with E-state index in [4.69, 9.17) is 0 Å². The Balaban J connectivity index is 0.00000156. The molecule has 0 aromatic rings. The van der Waals surface area contributed by atoms with E-state index in [1.54, 1.807) is 0 Å². The Labute approximate surface area is 170 Å². The minimum Gasteiger partial charge on any atom is -0.322 e. The molecule has 0 aromatic heterocycles. The summed E-state index contributed by atoms with van der Waals surface area (Å²) in [6.45, 7) is 13.0. The normalized spacial score (nSPS) is 58.6. The molecule has 0 saturated heterocycles. The van der Waals surface area contributed by atoms with Gasteiger partial charge in [0, 0.05) is 32.7 Å². The molecular weight excluding hydrogens is 353 g/mol. The Kier molecular flexibility index (Phi) is 5.23. The summed E-state index contributed by atoms with van der Waals surface area (Å²) in [4.78, 5) is 0. The Morgan fingerprint density at radius 3 is 2.39 bits per heavy atom. The van der Waals surface area contributed by atoms with Gasteiger partial charge in [-0.15, -0.1) is 0 Å². The van der Waals surface area contributed by atoms with E-state index in [9.17, 15) is 0 Å². The van der Waals surface area contributed by atoms with Gasteiger partial charge in [0.1, 0.15) is 0 Å². The number of hydrogen-bond donors (Lipinski definition) is 0. The van der Waals surface area contributed by atoms with Crippen LogP contribution in [0.25, 0.3) is 0 Å². The van der Waals surface area contributed by atoms with Crippen LogP contribution in [0.1, 0.15) is 79.6 Å². The van der Waals surface area contributed by atoms with Gasteiger partial charge in [-0.2, -0.15) is 11.8 Å². The summed E-state index contributed by atoms with van der Waals surface area (Å²) in [7, 11) is 0. The molecule has 4 rings (SSSR count). The predicted molar refractivity (Wildman–Crippen MR) is 94.3 cm³/mol. The van der Waals surface area contributed by atoms with Crippen LogP contribution < -0.4 is 0 Å². The minimum atomic E-state index is 0. The average Bonchev–Trinajstić information content (AvgIpc) is 2.85. The van der Waals surface area contributed by atoms with E-state index in [2.05, 4.69) is 41.0 Å². The summed E-state index contributed by atoms with van der Waals surface area (Å²) in [6, 6.07) is 0. The van der Waals surface area contributed by atoms with Crippen molar-refractivity contribution < 1.29 is 32.7 Å². The van der Waals surface area contributed by atoms with Crippen LogP contribution in [0, 0.1) is 58.7 Å². The molecule has 4 aliphatic carbocycles. The first-order valence-corrected chi connectivity index (χ1v) is 10.2. The maximum absolute atomic E-state index is 2.72. The SMILES string of the molecule is CC1CCC2(C)C(C1)CC(C)C1C3CC[CH-]C3(C)C(C)CC12.[Y]. The molecule has 0 nitrogen and oxygen atoms in total. The van der Waals surface area contributed by atoms with Crippen LogP contribution in [-0.4, -0.2) is 0 Å². The van der Waals surface area contributed by atoms with Crippen LogP contribution in [-0.2, 0) is 32.7 Å². The number of rotatable bonds is 0. The second kappa shape index (κ2) is 6.37. The summed E-state index contributed by atoms with van der Waals surface area (Å²) < 4.78 is 0. The maximum Gasteiger partial charge on any atom is 0 e.